The van der Waals surface area contributed by atoms with Gasteiger partial charge in [0.2, 0.25) is 5.78 Å². The van der Waals surface area contributed by atoms with E-state index in [1.165, 1.54) is 0 Å². The quantitative estimate of drug-likeness (QED) is 0.730. The fraction of sp³-hybridized carbons (Fsp3) is 0.385. The zero-order chi connectivity index (χ0) is 11.4. The molecule has 0 spiro atoms. The van der Waals surface area contributed by atoms with Crippen LogP contribution in [0.1, 0.15) is 35.7 Å². The Hall–Kier alpha value is -1.64. The molecule has 0 saturated carbocycles. The number of rotatable bonds is 3. The number of carbonyl (C=O) groups is 1. The number of allylic oxidation sites excluding steroid dienone is 2. The first kappa shape index (κ1) is 10.9. The van der Waals surface area contributed by atoms with E-state index < -0.39 is 0 Å². The first-order valence-corrected chi connectivity index (χ1v) is 5.63. The molecule has 0 unspecified atom stereocenters. The maximum Gasteiger partial charge on any atom is 0.227 e. The van der Waals surface area contributed by atoms with Crippen LogP contribution < -0.4 is 0 Å². The predicted molar refractivity (Wildman–Crippen MR) is 61.2 cm³/mol. The van der Waals surface area contributed by atoms with Gasteiger partial charge in [0.1, 0.15) is 0 Å². The molecular weight excluding hydrogens is 202 g/mol. The third kappa shape index (κ3) is 2.13. The number of hydrogen-bond donors (Lipinski definition) is 0. The van der Waals surface area contributed by atoms with E-state index in [0.717, 1.165) is 24.8 Å². The van der Waals surface area contributed by atoms with E-state index in [9.17, 15) is 4.79 Å². The highest BCUT2D eigenvalue weighted by atomic mass is 16.5. The standard InChI is InChI=1S/C13H15NO2/c1-2-10-9-14-7-6-11(10)13(15)12-5-3-4-8-16-12/h5-7,9H,2-4,8H2,1H3. The van der Waals surface area contributed by atoms with Crippen LogP contribution in [-0.2, 0) is 11.2 Å². The van der Waals surface area contributed by atoms with Crippen molar-refractivity contribution >= 4 is 5.78 Å². The van der Waals surface area contributed by atoms with E-state index >= 15 is 0 Å². The molecule has 0 aromatic carbocycles. The highest BCUT2D eigenvalue weighted by Gasteiger charge is 2.18. The minimum atomic E-state index is -0.0149. The summed E-state index contributed by atoms with van der Waals surface area (Å²) >= 11 is 0. The third-order valence-corrected chi connectivity index (χ3v) is 2.69. The molecule has 0 fully saturated rings. The highest BCUT2D eigenvalue weighted by molar-refractivity contribution is 6.08. The molecule has 1 aliphatic rings. The molecule has 0 saturated heterocycles. The van der Waals surface area contributed by atoms with Gasteiger partial charge in [-0.1, -0.05) is 6.92 Å². The maximum absolute atomic E-state index is 12.2. The molecule has 3 nitrogen and oxygen atoms in total. The molecule has 0 aliphatic carbocycles. The van der Waals surface area contributed by atoms with Gasteiger partial charge in [0.05, 0.1) is 6.61 Å². The first-order valence-electron chi connectivity index (χ1n) is 5.63. The normalized spacial score (nSPS) is 15.2. The van der Waals surface area contributed by atoms with E-state index in [-0.39, 0.29) is 5.78 Å². The smallest absolute Gasteiger partial charge is 0.227 e. The summed E-state index contributed by atoms with van der Waals surface area (Å²) in [6, 6.07) is 1.76. The van der Waals surface area contributed by atoms with Gasteiger partial charge in [0.15, 0.2) is 5.76 Å². The van der Waals surface area contributed by atoms with Gasteiger partial charge in [-0.25, -0.2) is 0 Å². The molecule has 0 bridgehead atoms. The zero-order valence-electron chi connectivity index (χ0n) is 9.40. The number of hydrogen-bond acceptors (Lipinski definition) is 3. The van der Waals surface area contributed by atoms with E-state index in [1.54, 1.807) is 18.5 Å². The molecule has 1 aliphatic heterocycles. The first-order chi connectivity index (χ1) is 7.83. The van der Waals surface area contributed by atoms with Crippen molar-refractivity contribution in [3.8, 4) is 0 Å². The third-order valence-electron chi connectivity index (χ3n) is 2.69. The second kappa shape index (κ2) is 4.92. The van der Waals surface area contributed by atoms with Crippen LogP contribution in [0.4, 0.5) is 0 Å². The lowest BCUT2D eigenvalue weighted by atomic mass is 10.0. The van der Waals surface area contributed by atoms with Gasteiger partial charge in [0, 0.05) is 18.0 Å². The average molecular weight is 217 g/mol. The maximum atomic E-state index is 12.2. The number of Topliss-reactive ketones (excluding diaryl/α,β-unsaturated/α-hetero) is 1. The van der Waals surface area contributed by atoms with Crippen molar-refractivity contribution in [2.24, 2.45) is 0 Å². The Morgan fingerprint density at radius 2 is 2.44 bits per heavy atom. The lowest BCUT2D eigenvalue weighted by Gasteiger charge is -2.14. The molecule has 2 heterocycles. The average Bonchev–Trinajstić information content (AvgIpc) is 2.39. The van der Waals surface area contributed by atoms with Crippen LogP contribution in [0.5, 0.6) is 0 Å². The van der Waals surface area contributed by atoms with Crippen molar-refractivity contribution in [1.82, 2.24) is 4.98 Å². The number of aromatic nitrogens is 1. The van der Waals surface area contributed by atoms with Crippen LogP contribution in [0, 0.1) is 0 Å². The van der Waals surface area contributed by atoms with E-state index in [0.29, 0.717) is 17.9 Å². The highest BCUT2D eigenvalue weighted by Crippen LogP contribution is 2.18. The van der Waals surface area contributed by atoms with Crippen molar-refractivity contribution in [1.29, 1.82) is 0 Å². The molecule has 2 rings (SSSR count). The molecule has 0 N–H and O–H groups in total. The number of carbonyl (C=O) groups excluding carboxylic acids is 1. The summed E-state index contributed by atoms with van der Waals surface area (Å²) in [5.74, 6) is 0.478. The lowest BCUT2D eigenvalue weighted by Crippen LogP contribution is -2.13. The fourth-order valence-electron chi connectivity index (χ4n) is 1.78. The Bertz CT molecular complexity index is 424. The second-order valence-electron chi connectivity index (χ2n) is 3.77. The van der Waals surface area contributed by atoms with Gasteiger partial charge in [-0.15, -0.1) is 0 Å². The Kier molecular flexibility index (Phi) is 3.34. The van der Waals surface area contributed by atoms with Gasteiger partial charge < -0.3 is 4.74 Å². The van der Waals surface area contributed by atoms with Crippen LogP contribution in [0.2, 0.25) is 0 Å². The second-order valence-corrected chi connectivity index (χ2v) is 3.77. The molecular formula is C13H15NO2. The Morgan fingerprint density at radius 3 is 3.12 bits per heavy atom. The lowest BCUT2D eigenvalue weighted by molar-refractivity contribution is 0.0898. The summed E-state index contributed by atoms with van der Waals surface area (Å²) in [6.45, 7) is 2.66. The van der Waals surface area contributed by atoms with E-state index in [4.69, 9.17) is 4.74 Å². The number of pyridine rings is 1. The Balaban J connectivity index is 2.29. The predicted octanol–water partition coefficient (Wildman–Crippen LogP) is 2.52. The minimum Gasteiger partial charge on any atom is -0.490 e. The van der Waals surface area contributed by atoms with Crippen LogP contribution >= 0.6 is 0 Å². The SMILES string of the molecule is CCc1cnccc1C(=O)C1=CCCCO1. The molecule has 1 aromatic heterocycles. The van der Waals surface area contributed by atoms with Gasteiger partial charge in [0.25, 0.3) is 0 Å². The van der Waals surface area contributed by atoms with Gasteiger partial charge >= 0.3 is 0 Å². The van der Waals surface area contributed by atoms with Crippen molar-refractivity contribution in [2.45, 2.75) is 26.2 Å². The summed E-state index contributed by atoms with van der Waals surface area (Å²) in [6.07, 6.45) is 8.00. The Labute approximate surface area is 95.2 Å². The topological polar surface area (TPSA) is 39.2 Å². The summed E-state index contributed by atoms with van der Waals surface area (Å²) in [5, 5.41) is 0. The fourth-order valence-corrected chi connectivity index (χ4v) is 1.78. The van der Waals surface area contributed by atoms with Crippen LogP contribution in [0.25, 0.3) is 0 Å². The molecule has 1 aromatic rings. The number of nitrogens with zero attached hydrogens (tertiary/aromatic N) is 1. The summed E-state index contributed by atoms with van der Waals surface area (Å²) in [7, 11) is 0. The molecule has 0 radical (unpaired) electrons. The summed E-state index contributed by atoms with van der Waals surface area (Å²) in [4.78, 5) is 16.2. The molecule has 16 heavy (non-hydrogen) atoms. The Morgan fingerprint density at radius 1 is 1.56 bits per heavy atom. The van der Waals surface area contributed by atoms with Crippen LogP contribution in [-0.4, -0.2) is 17.4 Å². The molecule has 3 heteroatoms. The zero-order valence-corrected chi connectivity index (χ0v) is 9.40. The minimum absolute atomic E-state index is 0.0149. The molecule has 0 amide bonds. The van der Waals surface area contributed by atoms with Crippen LogP contribution in [0.3, 0.4) is 0 Å². The largest absolute Gasteiger partial charge is 0.490 e. The van der Waals surface area contributed by atoms with Crippen molar-refractivity contribution < 1.29 is 9.53 Å². The van der Waals surface area contributed by atoms with Crippen LogP contribution in [0.15, 0.2) is 30.3 Å². The molecule has 84 valence electrons. The number of ether oxygens (including phenoxy) is 1. The summed E-state index contributed by atoms with van der Waals surface area (Å²) in [5.41, 5.74) is 1.69. The summed E-state index contributed by atoms with van der Waals surface area (Å²) < 4.78 is 5.38. The monoisotopic (exact) mass is 217 g/mol. The molecule has 0 atom stereocenters. The number of aryl methyl sites for hydroxylation is 1. The van der Waals surface area contributed by atoms with Crippen molar-refractivity contribution in [3.63, 3.8) is 0 Å². The number of ketones is 1. The van der Waals surface area contributed by atoms with E-state index in [1.807, 2.05) is 13.0 Å². The van der Waals surface area contributed by atoms with E-state index in [2.05, 4.69) is 4.98 Å². The van der Waals surface area contributed by atoms with Crippen molar-refractivity contribution in [3.05, 3.63) is 41.4 Å². The van der Waals surface area contributed by atoms with Gasteiger partial charge in [-0.3, -0.25) is 9.78 Å². The van der Waals surface area contributed by atoms with Gasteiger partial charge in [-0.05, 0) is 37.0 Å². The van der Waals surface area contributed by atoms with Crippen molar-refractivity contribution in [2.75, 3.05) is 6.61 Å². The van der Waals surface area contributed by atoms with Gasteiger partial charge in [-0.2, -0.15) is 0 Å².